The van der Waals surface area contributed by atoms with E-state index in [0.717, 1.165) is 36.1 Å². The van der Waals surface area contributed by atoms with Crippen molar-refractivity contribution in [1.82, 2.24) is 19.7 Å². The maximum absolute atomic E-state index is 11.9. The van der Waals surface area contributed by atoms with Crippen LogP contribution in [0.25, 0.3) is 11.0 Å². The maximum atomic E-state index is 11.9. The largest absolute Gasteiger partial charge is 0.356 e. The summed E-state index contributed by atoms with van der Waals surface area (Å²) in [6, 6.07) is 2.26. The van der Waals surface area contributed by atoms with Gasteiger partial charge in [-0.15, -0.1) is 0 Å². The monoisotopic (exact) mass is 337 g/mol. The van der Waals surface area contributed by atoms with Crippen LogP contribution in [-0.4, -0.2) is 48.3 Å². The first kappa shape index (κ1) is 16.2. The highest BCUT2D eigenvalue weighted by atomic mass is 32.2. The highest BCUT2D eigenvalue weighted by Gasteiger charge is 2.31. The second kappa shape index (κ2) is 6.45. The summed E-state index contributed by atoms with van der Waals surface area (Å²) < 4.78 is 26.7. The molecule has 2 atom stereocenters. The molecule has 8 heteroatoms. The second-order valence-corrected chi connectivity index (χ2v) is 8.02. The van der Waals surface area contributed by atoms with E-state index in [0.29, 0.717) is 6.42 Å². The molecule has 2 aromatic rings. The summed E-state index contributed by atoms with van der Waals surface area (Å²) in [6.07, 6.45) is 6.66. The molecule has 0 aromatic carbocycles. The van der Waals surface area contributed by atoms with Gasteiger partial charge in [-0.3, -0.25) is 0 Å². The van der Waals surface area contributed by atoms with E-state index in [-0.39, 0.29) is 17.8 Å². The highest BCUT2D eigenvalue weighted by molar-refractivity contribution is 7.89. The van der Waals surface area contributed by atoms with Crippen LogP contribution in [0.3, 0.4) is 0 Å². The molecule has 126 valence electrons. The molecular formula is C15H23N5O2S. The van der Waals surface area contributed by atoms with Crippen molar-refractivity contribution in [3.63, 3.8) is 0 Å². The van der Waals surface area contributed by atoms with Gasteiger partial charge in [0.25, 0.3) is 0 Å². The SMILES string of the molecule is CCCS(=O)(=O)N[C@H]1CCC(N(C)c2ncnc3[nH]ccc23)C1. The third kappa shape index (κ3) is 3.48. The Hall–Kier alpha value is -1.67. The highest BCUT2D eigenvalue weighted by Crippen LogP contribution is 2.30. The number of H-pyrrole nitrogens is 1. The van der Waals surface area contributed by atoms with Crippen molar-refractivity contribution in [2.45, 2.75) is 44.7 Å². The molecule has 0 amide bonds. The molecule has 1 fully saturated rings. The van der Waals surface area contributed by atoms with Crippen LogP contribution in [0.5, 0.6) is 0 Å². The van der Waals surface area contributed by atoms with E-state index in [9.17, 15) is 8.42 Å². The van der Waals surface area contributed by atoms with Gasteiger partial charge in [0.1, 0.15) is 17.8 Å². The number of hydrogen-bond donors (Lipinski definition) is 2. The molecule has 0 bridgehead atoms. The van der Waals surface area contributed by atoms with E-state index < -0.39 is 10.0 Å². The second-order valence-electron chi connectivity index (χ2n) is 6.15. The summed E-state index contributed by atoms with van der Waals surface area (Å²) in [7, 11) is -1.14. The van der Waals surface area contributed by atoms with Gasteiger partial charge in [0.2, 0.25) is 10.0 Å². The standard InChI is InChI=1S/C15H23N5O2S/c1-3-8-23(21,22)19-11-4-5-12(9-11)20(2)15-13-6-7-16-14(13)17-10-18-15/h6-7,10-12,19H,3-5,8-9H2,1-2H3,(H,16,17,18)/t11-,12?/m0/s1. The van der Waals surface area contributed by atoms with Crippen LogP contribution in [0.4, 0.5) is 5.82 Å². The van der Waals surface area contributed by atoms with Gasteiger partial charge in [-0.25, -0.2) is 23.1 Å². The van der Waals surface area contributed by atoms with Crippen LogP contribution >= 0.6 is 0 Å². The molecule has 7 nitrogen and oxygen atoms in total. The van der Waals surface area contributed by atoms with Crippen LogP contribution in [0.2, 0.25) is 0 Å². The molecular weight excluding hydrogens is 314 g/mol. The molecule has 2 aromatic heterocycles. The molecule has 1 saturated carbocycles. The van der Waals surface area contributed by atoms with Crippen LogP contribution in [0, 0.1) is 0 Å². The fraction of sp³-hybridized carbons (Fsp3) is 0.600. The number of nitrogens with one attached hydrogen (secondary N) is 2. The number of aromatic nitrogens is 3. The van der Waals surface area contributed by atoms with Crippen molar-refractivity contribution in [2.24, 2.45) is 0 Å². The quantitative estimate of drug-likeness (QED) is 0.836. The van der Waals surface area contributed by atoms with E-state index in [2.05, 4.69) is 24.6 Å². The average Bonchev–Trinajstić information content (AvgIpc) is 3.14. The fourth-order valence-electron chi connectivity index (χ4n) is 3.31. The third-order valence-electron chi connectivity index (χ3n) is 4.44. The van der Waals surface area contributed by atoms with E-state index in [1.54, 1.807) is 6.33 Å². The average molecular weight is 337 g/mol. The van der Waals surface area contributed by atoms with Gasteiger partial charge < -0.3 is 9.88 Å². The summed E-state index contributed by atoms with van der Waals surface area (Å²) in [5, 5.41) is 0.991. The Labute approximate surface area is 136 Å². The van der Waals surface area contributed by atoms with Gasteiger partial charge in [-0.2, -0.15) is 0 Å². The number of nitrogens with zero attached hydrogens (tertiary/aromatic N) is 3. The lowest BCUT2D eigenvalue weighted by atomic mass is 10.2. The Morgan fingerprint density at radius 3 is 3.00 bits per heavy atom. The number of anilines is 1. The zero-order chi connectivity index (χ0) is 16.4. The lowest BCUT2D eigenvalue weighted by Gasteiger charge is -2.26. The van der Waals surface area contributed by atoms with Crippen molar-refractivity contribution < 1.29 is 8.42 Å². The van der Waals surface area contributed by atoms with Gasteiger partial charge in [0.05, 0.1) is 11.1 Å². The van der Waals surface area contributed by atoms with Gasteiger partial charge in [0.15, 0.2) is 0 Å². The summed E-state index contributed by atoms with van der Waals surface area (Å²) in [5.41, 5.74) is 0.819. The molecule has 2 heterocycles. The van der Waals surface area contributed by atoms with Crippen molar-refractivity contribution in [2.75, 3.05) is 17.7 Å². The van der Waals surface area contributed by atoms with Gasteiger partial charge in [-0.05, 0) is 31.7 Å². The minimum absolute atomic E-state index is 0.0163. The number of aromatic amines is 1. The van der Waals surface area contributed by atoms with Crippen molar-refractivity contribution in [3.05, 3.63) is 18.6 Å². The summed E-state index contributed by atoms with van der Waals surface area (Å²) in [6.45, 7) is 1.88. The minimum Gasteiger partial charge on any atom is -0.356 e. The van der Waals surface area contributed by atoms with Crippen molar-refractivity contribution in [1.29, 1.82) is 0 Å². The maximum Gasteiger partial charge on any atom is 0.211 e. The topological polar surface area (TPSA) is 91.0 Å². The van der Waals surface area contributed by atoms with Crippen LogP contribution < -0.4 is 9.62 Å². The summed E-state index contributed by atoms with van der Waals surface area (Å²) in [4.78, 5) is 13.9. The number of sulfonamides is 1. The first-order valence-electron chi connectivity index (χ1n) is 8.01. The molecule has 1 aliphatic carbocycles. The first-order chi connectivity index (χ1) is 11.0. The van der Waals surface area contributed by atoms with E-state index in [1.807, 2.05) is 26.2 Å². The zero-order valence-corrected chi connectivity index (χ0v) is 14.3. The third-order valence-corrected chi connectivity index (χ3v) is 6.08. The predicted octanol–water partition coefficient (Wildman–Crippen LogP) is 1.64. The normalized spacial score (nSPS) is 21.8. The first-order valence-corrected chi connectivity index (χ1v) is 9.66. The Balaban J connectivity index is 1.70. The lowest BCUT2D eigenvalue weighted by molar-refractivity contribution is 0.545. The number of hydrogen-bond acceptors (Lipinski definition) is 5. The van der Waals surface area contributed by atoms with E-state index >= 15 is 0 Å². The molecule has 0 radical (unpaired) electrons. The molecule has 0 aliphatic heterocycles. The van der Waals surface area contributed by atoms with Gasteiger partial charge in [-0.1, -0.05) is 6.92 Å². The number of rotatable bonds is 6. The van der Waals surface area contributed by atoms with Gasteiger partial charge >= 0.3 is 0 Å². The van der Waals surface area contributed by atoms with Crippen LogP contribution in [-0.2, 0) is 10.0 Å². The molecule has 2 N–H and O–H groups in total. The smallest absolute Gasteiger partial charge is 0.211 e. The van der Waals surface area contributed by atoms with E-state index in [1.165, 1.54) is 0 Å². The molecule has 0 spiro atoms. The van der Waals surface area contributed by atoms with Crippen molar-refractivity contribution >= 4 is 26.9 Å². The van der Waals surface area contributed by atoms with E-state index in [4.69, 9.17) is 0 Å². The Morgan fingerprint density at radius 2 is 2.22 bits per heavy atom. The van der Waals surface area contributed by atoms with Crippen LogP contribution in [0.1, 0.15) is 32.6 Å². The summed E-state index contributed by atoms with van der Waals surface area (Å²) >= 11 is 0. The van der Waals surface area contributed by atoms with Crippen LogP contribution in [0.15, 0.2) is 18.6 Å². The Kier molecular flexibility index (Phi) is 4.54. The molecule has 0 saturated heterocycles. The Morgan fingerprint density at radius 1 is 1.39 bits per heavy atom. The fourth-order valence-corrected chi connectivity index (χ4v) is 4.69. The number of fused-ring (bicyclic) bond motifs is 1. The molecule has 23 heavy (non-hydrogen) atoms. The zero-order valence-electron chi connectivity index (χ0n) is 13.5. The molecule has 1 aliphatic rings. The summed E-state index contributed by atoms with van der Waals surface area (Å²) in [5.74, 6) is 1.08. The molecule has 3 rings (SSSR count). The predicted molar refractivity (Wildman–Crippen MR) is 90.9 cm³/mol. The van der Waals surface area contributed by atoms with Gasteiger partial charge in [0, 0.05) is 25.3 Å². The van der Waals surface area contributed by atoms with Crippen molar-refractivity contribution in [3.8, 4) is 0 Å². The minimum atomic E-state index is -3.15. The molecule has 1 unspecified atom stereocenters. The lowest BCUT2D eigenvalue weighted by Crippen LogP contribution is -2.37. The Bertz CT molecular complexity index is 773.